The van der Waals surface area contributed by atoms with Gasteiger partial charge in [0.2, 0.25) is 5.91 Å². The number of nitrogens with zero attached hydrogens (tertiary/aromatic N) is 1. The van der Waals surface area contributed by atoms with E-state index in [0.29, 0.717) is 12.5 Å². The fourth-order valence-electron chi connectivity index (χ4n) is 1.12. The van der Waals surface area contributed by atoms with Crippen LogP contribution in [0.15, 0.2) is 0 Å². The largest absolute Gasteiger partial charge is 0.351 e. The van der Waals surface area contributed by atoms with Crippen LogP contribution in [0.25, 0.3) is 0 Å². The lowest BCUT2D eigenvalue weighted by molar-refractivity contribution is -0.122. The van der Waals surface area contributed by atoms with Gasteiger partial charge in [-0.3, -0.25) is 4.79 Å². The highest BCUT2D eigenvalue weighted by Crippen LogP contribution is 2.02. The van der Waals surface area contributed by atoms with Gasteiger partial charge in [0.15, 0.2) is 0 Å². The van der Waals surface area contributed by atoms with Crippen LogP contribution in [-0.2, 0) is 4.79 Å². The second-order valence-corrected chi connectivity index (χ2v) is 2.84. The lowest BCUT2D eigenvalue weighted by Gasteiger charge is -2.36. The summed E-state index contributed by atoms with van der Waals surface area (Å²) < 4.78 is 0. The fourth-order valence-corrected chi connectivity index (χ4v) is 1.12. The molecule has 1 aliphatic rings. The molecule has 0 unspecified atom stereocenters. The summed E-state index contributed by atoms with van der Waals surface area (Å²) in [5, 5.41) is 2.92. The number of hydrogen-bond donors (Lipinski definition) is 1. The summed E-state index contributed by atoms with van der Waals surface area (Å²) >= 11 is 0. The molecule has 1 saturated heterocycles. The Morgan fingerprint density at radius 3 is 2.33 bits per heavy atom. The third kappa shape index (κ3) is 3.72. The van der Waals surface area contributed by atoms with Crippen molar-refractivity contribution < 1.29 is 4.79 Å². The van der Waals surface area contributed by atoms with Gasteiger partial charge in [-0.05, 0) is 7.05 Å². The molecule has 0 saturated carbocycles. The molecule has 0 aliphatic carbocycles. The molecule has 3 heteroatoms. The van der Waals surface area contributed by atoms with Gasteiger partial charge in [0.1, 0.15) is 0 Å². The summed E-state index contributed by atoms with van der Waals surface area (Å²) in [7, 11) is 2.05. The molecule has 12 heavy (non-hydrogen) atoms. The minimum Gasteiger partial charge on any atom is -0.351 e. The van der Waals surface area contributed by atoms with Gasteiger partial charge in [0.05, 0.1) is 6.04 Å². The first-order valence-corrected chi connectivity index (χ1v) is 4.70. The highest BCUT2D eigenvalue weighted by molar-refractivity contribution is 5.75. The Labute approximate surface area is 75.1 Å². The van der Waals surface area contributed by atoms with E-state index in [2.05, 4.69) is 17.3 Å². The SMILES string of the molecule is CC.CCC(=O)NC1CN(C)C1. The number of nitrogens with one attached hydrogen (secondary N) is 1. The van der Waals surface area contributed by atoms with Gasteiger partial charge in [-0.2, -0.15) is 0 Å². The third-order valence-electron chi connectivity index (χ3n) is 1.75. The molecule has 1 N–H and O–H groups in total. The van der Waals surface area contributed by atoms with E-state index in [1.165, 1.54) is 0 Å². The van der Waals surface area contributed by atoms with Crippen LogP contribution in [0.1, 0.15) is 27.2 Å². The molecule has 0 aromatic carbocycles. The van der Waals surface area contributed by atoms with Crippen LogP contribution in [0.2, 0.25) is 0 Å². The van der Waals surface area contributed by atoms with Crippen molar-refractivity contribution in [3.8, 4) is 0 Å². The topological polar surface area (TPSA) is 32.3 Å². The predicted molar refractivity (Wildman–Crippen MR) is 51.1 cm³/mol. The van der Waals surface area contributed by atoms with Gasteiger partial charge in [-0.25, -0.2) is 0 Å². The molecule has 0 bridgehead atoms. The van der Waals surface area contributed by atoms with Gasteiger partial charge in [0.25, 0.3) is 0 Å². The fraction of sp³-hybridized carbons (Fsp3) is 0.889. The molecule has 3 nitrogen and oxygen atoms in total. The quantitative estimate of drug-likeness (QED) is 0.670. The average Bonchev–Trinajstić information content (AvgIpc) is 2.05. The number of hydrogen-bond acceptors (Lipinski definition) is 2. The molecule has 1 heterocycles. The normalized spacial score (nSPS) is 17.3. The Kier molecular flexibility index (Phi) is 5.72. The van der Waals surface area contributed by atoms with Crippen LogP contribution in [-0.4, -0.2) is 37.0 Å². The summed E-state index contributed by atoms with van der Waals surface area (Å²) in [6.07, 6.45) is 0.597. The van der Waals surface area contributed by atoms with Gasteiger partial charge in [0, 0.05) is 19.5 Å². The summed E-state index contributed by atoms with van der Waals surface area (Å²) in [5.41, 5.74) is 0. The predicted octanol–water partition coefficient (Wildman–Crippen LogP) is 0.853. The van der Waals surface area contributed by atoms with Crippen molar-refractivity contribution in [3.63, 3.8) is 0 Å². The maximum atomic E-state index is 10.8. The number of carbonyl (C=O) groups excluding carboxylic acids is 1. The van der Waals surface area contributed by atoms with E-state index in [1.807, 2.05) is 20.8 Å². The van der Waals surface area contributed by atoms with Crippen molar-refractivity contribution in [2.75, 3.05) is 20.1 Å². The Morgan fingerprint density at radius 2 is 2.00 bits per heavy atom. The summed E-state index contributed by atoms with van der Waals surface area (Å²) in [6.45, 7) is 7.88. The molecular formula is C9H20N2O. The molecule has 0 aromatic heterocycles. The zero-order valence-electron chi connectivity index (χ0n) is 8.55. The monoisotopic (exact) mass is 172 g/mol. The minimum absolute atomic E-state index is 0.165. The Hall–Kier alpha value is -0.570. The lowest BCUT2D eigenvalue weighted by atomic mass is 10.1. The first-order valence-electron chi connectivity index (χ1n) is 4.70. The van der Waals surface area contributed by atoms with Crippen molar-refractivity contribution >= 4 is 5.91 Å². The lowest BCUT2D eigenvalue weighted by Crippen LogP contribution is -2.57. The Bertz CT molecular complexity index is 130. The Balaban J connectivity index is 0.000000561. The first kappa shape index (κ1) is 11.4. The van der Waals surface area contributed by atoms with Crippen LogP contribution in [0, 0.1) is 0 Å². The smallest absolute Gasteiger partial charge is 0.220 e. The highest BCUT2D eigenvalue weighted by Gasteiger charge is 2.23. The van der Waals surface area contributed by atoms with Crippen molar-refractivity contribution in [1.29, 1.82) is 0 Å². The number of carbonyl (C=O) groups is 1. The highest BCUT2D eigenvalue weighted by atomic mass is 16.1. The molecule has 0 atom stereocenters. The number of likely N-dealkylation sites (N-methyl/N-ethyl adjacent to an activating group) is 1. The molecule has 1 aliphatic heterocycles. The second-order valence-electron chi connectivity index (χ2n) is 2.84. The zero-order valence-corrected chi connectivity index (χ0v) is 8.55. The minimum atomic E-state index is 0.165. The number of likely N-dealkylation sites (tertiary alicyclic amines) is 1. The maximum absolute atomic E-state index is 10.8. The van der Waals surface area contributed by atoms with E-state index in [4.69, 9.17) is 0 Å². The van der Waals surface area contributed by atoms with Crippen LogP contribution >= 0.6 is 0 Å². The van der Waals surface area contributed by atoms with Crippen LogP contribution in [0.4, 0.5) is 0 Å². The summed E-state index contributed by atoms with van der Waals surface area (Å²) in [6, 6.07) is 0.414. The first-order chi connectivity index (χ1) is 5.72. The molecule has 1 fully saturated rings. The van der Waals surface area contributed by atoms with Crippen molar-refractivity contribution in [2.45, 2.75) is 33.2 Å². The van der Waals surface area contributed by atoms with E-state index in [9.17, 15) is 4.79 Å². The molecule has 1 rings (SSSR count). The zero-order chi connectivity index (χ0) is 9.56. The van der Waals surface area contributed by atoms with Gasteiger partial charge >= 0.3 is 0 Å². The number of rotatable bonds is 2. The molecule has 72 valence electrons. The molecule has 0 radical (unpaired) electrons. The van der Waals surface area contributed by atoms with Gasteiger partial charge < -0.3 is 10.2 Å². The van der Waals surface area contributed by atoms with Crippen LogP contribution in [0.5, 0.6) is 0 Å². The molecular weight excluding hydrogens is 152 g/mol. The third-order valence-corrected chi connectivity index (χ3v) is 1.75. The Morgan fingerprint density at radius 1 is 1.50 bits per heavy atom. The van der Waals surface area contributed by atoms with E-state index < -0.39 is 0 Å². The average molecular weight is 172 g/mol. The van der Waals surface area contributed by atoms with E-state index in [-0.39, 0.29) is 5.91 Å². The van der Waals surface area contributed by atoms with Crippen LogP contribution in [0.3, 0.4) is 0 Å². The van der Waals surface area contributed by atoms with Gasteiger partial charge in [-0.1, -0.05) is 20.8 Å². The van der Waals surface area contributed by atoms with E-state index in [0.717, 1.165) is 13.1 Å². The van der Waals surface area contributed by atoms with Crippen molar-refractivity contribution in [2.24, 2.45) is 0 Å². The van der Waals surface area contributed by atoms with Crippen molar-refractivity contribution in [1.82, 2.24) is 10.2 Å². The van der Waals surface area contributed by atoms with Gasteiger partial charge in [-0.15, -0.1) is 0 Å². The summed E-state index contributed by atoms with van der Waals surface area (Å²) in [5.74, 6) is 0.165. The van der Waals surface area contributed by atoms with Crippen LogP contribution < -0.4 is 5.32 Å². The van der Waals surface area contributed by atoms with E-state index in [1.54, 1.807) is 0 Å². The summed E-state index contributed by atoms with van der Waals surface area (Å²) in [4.78, 5) is 13.0. The standard InChI is InChI=1S/C7H14N2O.C2H6/c1-3-7(10)8-6-4-9(2)5-6;1-2/h6H,3-5H2,1-2H3,(H,8,10);1-2H3. The second kappa shape index (κ2) is 6.00. The van der Waals surface area contributed by atoms with Crippen molar-refractivity contribution in [3.05, 3.63) is 0 Å². The number of amides is 1. The molecule has 0 aromatic rings. The van der Waals surface area contributed by atoms with E-state index >= 15 is 0 Å². The molecule has 0 spiro atoms. The maximum Gasteiger partial charge on any atom is 0.220 e. The molecule has 1 amide bonds.